The lowest BCUT2D eigenvalue weighted by Crippen LogP contribution is -2.49. The lowest BCUT2D eigenvalue weighted by molar-refractivity contribution is -0.142. The van der Waals surface area contributed by atoms with Crippen LogP contribution in [0.3, 0.4) is 0 Å². The molecule has 0 saturated heterocycles. The predicted molar refractivity (Wildman–Crippen MR) is 109 cm³/mol. The highest BCUT2D eigenvalue weighted by molar-refractivity contribution is 6.27. The lowest BCUT2D eigenvalue weighted by atomic mass is 9.98. The monoisotopic (exact) mass is 398 g/mol. The summed E-state index contributed by atoms with van der Waals surface area (Å²) in [6, 6.07) is 8.14. The Balaban J connectivity index is 2.05. The van der Waals surface area contributed by atoms with Gasteiger partial charge in [-0.2, -0.15) is 0 Å². The fourth-order valence-corrected chi connectivity index (χ4v) is 2.89. The number of aliphatic carboxylic acids is 1. The number of furan rings is 1. The van der Waals surface area contributed by atoms with E-state index in [2.05, 4.69) is 11.9 Å². The third-order valence-electron chi connectivity index (χ3n) is 4.40. The molecule has 7 nitrogen and oxygen atoms in total. The third kappa shape index (κ3) is 6.15. The van der Waals surface area contributed by atoms with Crippen molar-refractivity contribution < 1.29 is 23.9 Å². The number of hydrogen-bond donors (Lipinski definition) is 3. The minimum Gasteiger partial charge on any atom is -0.480 e. The number of carbonyl (C=O) groups excluding carboxylic acids is 2. The van der Waals surface area contributed by atoms with Gasteiger partial charge in [-0.15, -0.1) is 0 Å². The second kappa shape index (κ2) is 9.84. The first-order chi connectivity index (χ1) is 13.7. The molecule has 0 radical (unpaired) electrons. The molecule has 0 aliphatic rings. The summed E-state index contributed by atoms with van der Waals surface area (Å²) < 4.78 is 5.21. The average Bonchev–Trinajstić information content (AvgIpc) is 3.20. The van der Waals surface area contributed by atoms with Crippen LogP contribution >= 0.6 is 0 Å². The summed E-state index contributed by atoms with van der Waals surface area (Å²) >= 11 is 0. The van der Waals surface area contributed by atoms with Gasteiger partial charge in [-0.3, -0.25) is 9.59 Å². The van der Waals surface area contributed by atoms with E-state index in [1.165, 1.54) is 6.26 Å². The molecule has 0 bridgehead atoms. The number of carboxylic acids is 1. The maximum Gasteiger partial charge on any atom is 0.326 e. The molecular formula is C22H26N2O5. The molecule has 2 unspecified atom stereocenters. The van der Waals surface area contributed by atoms with Gasteiger partial charge in [-0.25, -0.2) is 4.79 Å². The highest BCUT2D eigenvalue weighted by atomic mass is 16.4. The Labute approximate surface area is 169 Å². The molecule has 0 spiro atoms. The molecule has 1 heterocycles. The number of nitrogens with two attached hydrogens (primary N) is 1. The van der Waals surface area contributed by atoms with Crippen LogP contribution in [0.4, 0.5) is 0 Å². The second-order valence-electron chi connectivity index (χ2n) is 7.32. The summed E-state index contributed by atoms with van der Waals surface area (Å²) in [5.74, 6) is -1.43. The van der Waals surface area contributed by atoms with Crippen LogP contribution in [0.5, 0.6) is 0 Å². The number of carbonyl (C=O) groups is 3. The number of Topliss-reactive ketones (excluding diaryl/α,β-unsaturated/α-hetero) is 1. The van der Waals surface area contributed by atoms with Gasteiger partial charge in [-0.1, -0.05) is 38.6 Å². The van der Waals surface area contributed by atoms with Gasteiger partial charge in [0.15, 0.2) is 5.78 Å². The second-order valence-corrected chi connectivity index (χ2v) is 7.32. The number of carboxylic acid groups (broad SMARTS) is 1. The first-order valence-corrected chi connectivity index (χ1v) is 9.34. The van der Waals surface area contributed by atoms with Crippen LogP contribution in [-0.4, -0.2) is 34.8 Å². The van der Waals surface area contributed by atoms with Gasteiger partial charge in [0.1, 0.15) is 11.8 Å². The molecular weight excluding hydrogens is 372 g/mol. The Hall–Kier alpha value is -3.19. The quantitative estimate of drug-likeness (QED) is 0.418. The molecule has 29 heavy (non-hydrogen) atoms. The molecule has 0 saturated carbocycles. The summed E-state index contributed by atoms with van der Waals surface area (Å²) in [7, 11) is 0. The van der Waals surface area contributed by atoms with Gasteiger partial charge >= 0.3 is 5.97 Å². The van der Waals surface area contributed by atoms with Crippen LogP contribution in [0.15, 0.2) is 53.7 Å². The average molecular weight is 398 g/mol. The molecule has 1 aromatic heterocycles. The molecule has 0 aliphatic heterocycles. The topological polar surface area (TPSA) is 123 Å². The standard InChI is InChI=1S/C22H26N2O5/c1-13(2)10-18(22(27)28)24-21(26)17(23)12-15-6-4-7-16(11-15)20(25)14(3)19-8-5-9-29-19/h4-9,11,13,17-18H,3,10,12,23H2,1-2H3,(H,24,26)(H,27,28). The Kier molecular flexibility index (Phi) is 7.50. The SMILES string of the molecule is C=C(C(=O)c1cccc(CC(N)C(=O)NC(CC(C)C)C(=O)O)c1)c1ccco1. The number of rotatable bonds is 10. The molecule has 2 rings (SSSR count). The van der Waals surface area contributed by atoms with Crippen molar-refractivity contribution in [2.75, 3.05) is 0 Å². The largest absolute Gasteiger partial charge is 0.480 e. The Morgan fingerprint density at radius 3 is 2.52 bits per heavy atom. The molecule has 0 fully saturated rings. The van der Waals surface area contributed by atoms with Crippen molar-refractivity contribution in [1.29, 1.82) is 0 Å². The number of allylic oxidation sites excluding steroid dienone is 1. The van der Waals surface area contributed by atoms with Crippen LogP contribution in [0, 0.1) is 5.92 Å². The summed E-state index contributed by atoms with van der Waals surface area (Å²) in [6.07, 6.45) is 1.94. The number of amides is 1. The fourth-order valence-electron chi connectivity index (χ4n) is 2.89. The Morgan fingerprint density at radius 1 is 1.21 bits per heavy atom. The van der Waals surface area contributed by atoms with Crippen LogP contribution in [0.25, 0.3) is 5.57 Å². The maximum atomic E-state index is 12.6. The molecule has 4 N–H and O–H groups in total. The maximum absolute atomic E-state index is 12.6. The Bertz CT molecular complexity index is 886. The van der Waals surface area contributed by atoms with Gasteiger partial charge in [0.2, 0.25) is 5.91 Å². The van der Waals surface area contributed by atoms with E-state index in [4.69, 9.17) is 10.2 Å². The first kappa shape index (κ1) is 22.1. The van der Waals surface area contributed by atoms with Crippen molar-refractivity contribution in [1.82, 2.24) is 5.32 Å². The van der Waals surface area contributed by atoms with Gasteiger partial charge in [0.05, 0.1) is 17.9 Å². The molecule has 1 aromatic carbocycles. The summed E-state index contributed by atoms with van der Waals surface area (Å²) in [5, 5.41) is 11.7. The van der Waals surface area contributed by atoms with Crippen LogP contribution in [0.1, 0.15) is 41.9 Å². The zero-order valence-electron chi connectivity index (χ0n) is 16.6. The molecule has 154 valence electrons. The molecule has 0 aliphatic carbocycles. The van der Waals surface area contributed by atoms with Gasteiger partial charge in [0.25, 0.3) is 0 Å². The fraction of sp³-hybridized carbons (Fsp3) is 0.318. The predicted octanol–water partition coefficient (Wildman–Crippen LogP) is 2.66. The van der Waals surface area contributed by atoms with E-state index in [9.17, 15) is 19.5 Å². The van der Waals surface area contributed by atoms with Crippen LogP contribution < -0.4 is 11.1 Å². The minimum atomic E-state index is -1.09. The number of ketones is 1. The van der Waals surface area contributed by atoms with Gasteiger partial charge in [-0.05, 0) is 42.5 Å². The van der Waals surface area contributed by atoms with E-state index >= 15 is 0 Å². The lowest BCUT2D eigenvalue weighted by Gasteiger charge is -2.19. The summed E-state index contributed by atoms with van der Waals surface area (Å²) in [4.78, 5) is 36.3. The number of hydrogen-bond acceptors (Lipinski definition) is 5. The van der Waals surface area contributed by atoms with Crippen molar-refractivity contribution in [3.8, 4) is 0 Å². The molecule has 7 heteroatoms. The molecule has 1 amide bonds. The van der Waals surface area contributed by atoms with E-state index in [1.54, 1.807) is 36.4 Å². The first-order valence-electron chi connectivity index (χ1n) is 9.34. The molecule has 2 atom stereocenters. The van der Waals surface area contributed by atoms with Crippen LogP contribution in [-0.2, 0) is 16.0 Å². The molecule has 2 aromatic rings. The van der Waals surface area contributed by atoms with E-state index in [-0.39, 0.29) is 23.7 Å². The van der Waals surface area contributed by atoms with E-state index in [1.807, 2.05) is 13.8 Å². The van der Waals surface area contributed by atoms with Gasteiger partial charge < -0.3 is 20.6 Å². The highest BCUT2D eigenvalue weighted by Crippen LogP contribution is 2.19. The summed E-state index contributed by atoms with van der Waals surface area (Å²) in [6.45, 7) is 7.53. The van der Waals surface area contributed by atoms with Gasteiger partial charge in [0, 0.05) is 5.56 Å². The highest BCUT2D eigenvalue weighted by Gasteiger charge is 2.24. The van der Waals surface area contributed by atoms with Crippen molar-refractivity contribution in [3.63, 3.8) is 0 Å². The zero-order valence-corrected chi connectivity index (χ0v) is 16.6. The Morgan fingerprint density at radius 2 is 1.93 bits per heavy atom. The zero-order chi connectivity index (χ0) is 21.6. The van der Waals surface area contributed by atoms with E-state index in [0.717, 1.165) is 0 Å². The van der Waals surface area contributed by atoms with Crippen molar-refractivity contribution in [3.05, 3.63) is 66.1 Å². The van der Waals surface area contributed by atoms with Crippen molar-refractivity contribution in [2.45, 2.75) is 38.8 Å². The third-order valence-corrected chi connectivity index (χ3v) is 4.40. The van der Waals surface area contributed by atoms with Crippen molar-refractivity contribution >= 4 is 23.2 Å². The summed E-state index contributed by atoms with van der Waals surface area (Å²) in [5.41, 5.74) is 7.28. The minimum absolute atomic E-state index is 0.109. The number of nitrogens with one attached hydrogen (secondary N) is 1. The van der Waals surface area contributed by atoms with Crippen molar-refractivity contribution in [2.24, 2.45) is 11.7 Å². The van der Waals surface area contributed by atoms with Crippen LogP contribution in [0.2, 0.25) is 0 Å². The number of benzene rings is 1. The van der Waals surface area contributed by atoms with E-state index < -0.39 is 24.0 Å². The van der Waals surface area contributed by atoms with E-state index in [0.29, 0.717) is 23.3 Å². The normalized spacial score (nSPS) is 13.0. The smallest absolute Gasteiger partial charge is 0.326 e.